The largest absolute Gasteiger partial charge is 0.523 e. The molecule has 0 heterocycles. The van der Waals surface area contributed by atoms with Gasteiger partial charge in [0.25, 0.3) is 0 Å². The molecular weight excluding hydrogens is 406 g/mol. The van der Waals surface area contributed by atoms with E-state index in [1.165, 1.54) is 0 Å². The Morgan fingerprint density at radius 3 is 1.32 bits per heavy atom. The summed E-state index contributed by atoms with van der Waals surface area (Å²) in [6.45, 7) is 1.42. The van der Waals surface area contributed by atoms with E-state index in [4.69, 9.17) is 0 Å². The average Bonchev–Trinajstić information content (AvgIpc) is 2.66. The Kier molecular flexibility index (Phi) is 6.15. The molecule has 14 heteroatoms. The molecule has 1 rings (SSSR count). The molecule has 1 aliphatic rings. The summed E-state index contributed by atoms with van der Waals surface area (Å²) >= 11 is 0. The highest BCUT2D eigenvalue weighted by molar-refractivity contribution is 7.87. The summed E-state index contributed by atoms with van der Waals surface area (Å²) in [5.41, 5.74) is -11.8. The van der Waals surface area contributed by atoms with E-state index in [2.05, 4.69) is 8.37 Å². The van der Waals surface area contributed by atoms with E-state index >= 15 is 0 Å². The second-order valence-corrected chi connectivity index (χ2v) is 9.68. The van der Waals surface area contributed by atoms with Gasteiger partial charge in [0.05, 0.1) is 13.2 Å². The number of rotatable bonds is 6. The lowest BCUT2D eigenvalue weighted by Gasteiger charge is -2.19. The molecule has 2 atom stereocenters. The van der Waals surface area contributed by atoms with Crippen molar-refractivity contribution in [3.05, 3.63) is 0 Å². The molecule has 1 saturated carbocycles. The second kappa shape index (κ2) is 6.85. The molecule has 0 aromatic carbocycles. The standard InChI is InChI=1S/C11H16F6O6S2/c1-9(2)3-7(5-22-24(18,19)10(12,13)14)8(4-9)6-23-25(20,21)11(15,16)17/h7-8H,3-6H2,1-2H3/t7-,8-/m0/s1. The van der Waals surface area contributed by atoms with Gasteiger partial charge in [-0.15, -0.1) is 0 Å². The molecule has 0 aromatic heterocycles. The van der Waals surface area contributed by atoms with Gasteiger partial charge in [-0.1, -0.05) is 13.8 Å². The number of hydrogen-bond acceptors (Lipinski definition) is 6. The molecule has 0 bridgehead atoms. The zero-order valence-corrected chi connectivity index (χ0v) is 14.6. The maximum atomic E-state index is 12.3. The van der Waals surface area contributed by atoms with Crippen LogP contribution in [0.1, 0.15) is 26.7 Å². The summed E-state index contributed by atoms with van der Waals surface area (Å²) in [5, 5.41) is 0. The molecule has 1 aliphatic carbocycles. The number of halogens is 6. The predicted octanol–water partition coefficient (Wildman–Crippen LogP) is 2.77. The molecule has 0 spiro atoms. The summed E-state index contributed by atoms with van der Waals surface area (Å²) in [7, 11) is -11.7. The van der Waals surface area contributed by atoms with Crippen LogP contribution in [-0.4, -0.2) is 41.1 Å². The summed E-state index contributed by atoms with van der Waals surface area (Å²) in [6.07, 6.45) is 0.251. The minimum absolute atomic E-state index is 0.125. The molecule has 25 heavy (non-hydrogen) atoms. The van der Waals surface area contributed by atoms with Crippen molar-refractivity contribution in [2.24, 2.45) is 17.3 Å². The van der Waals surface area contributed by atoms with Gasteiger partial charge in [0.1, 0.15) is 0 Å². The Morgan fingerprint density at radius 2 is 1.08 bits per heavy atom. The molecular formula is C11H16F6O6S2. The van der Waals surface area contributed by atoms with Crippen molar-refractivity contribution < 1.29 is 51.5 Å². The normalized spacial score (nSPS) is 25.3. The van der Waals surface area contributed by atoms with E-state index in [9.17, 15) is 43.2 Å². The van der Waals surface area contributed by atoms with Crippen molar-refractivity contribution in [3.63, 3.8) is 0 Å². The minimum atomic E-state index is -5.85. The minimum Gasteiger partial charge on any atom is -0.263 e. The van der Waals surface area contributed by atoms with Crippen molar-refractivity contribution in [1.82, 2.24) is 0 Å². The fraction of sp³-hybridized carbons (Fsp3) is 1.00. The Labute approximate surface area is 140 Å². The molecule has 150 valence electrons. The maximum Gasteiger partial charge on any atom is 0.523 e. The number of hydrogen-bond donors (Lipinski definition) is 0. The Bertz CT molecular complexity index is 621. The van der Waals surface area contributed by atoms with Gasteiger partial charge in [-0.25, -0.2) is 0 Å². The van der Waals surface area contributed by atoms with Gasteiger partial charge >= 0.3 is 31.3 Å². The Balaban J connectivity index is 2.81. The quantitative estimate of drug-likeness (QED) is 0.372. The van der Waals surface area contributed by atoms with E-state index in [-0.39, 0.29) is 12.8 Å². The average molecular weight is 422 g/mol. The van der Waals surface area contributed by atoms with Crippen LogP contribution in [0.15, 0.2) is 0 Å². The van der Waals surface area contributed by atoms with Gasteiger partial charge in [-0.2, -0.15) is 43.2 Å². The summed E-state index contributed by atoms with van der Waals surface area (Å²) in [4.78, 5) is 0. The van der Waals surface area contributed by atoms with Crippen LogP contribution in [0.2, 0.25) is 0 Å². The zero-order valence-electron chi connectivity index (χ0n) is 13.0. The smallest absolute Gasteiger partial charge is 0.263 e. The van der Waals surface area contributed by atoms with Crippen molar-refractivity contribution >= 4 is 20.2 Å². The summed E-state index contributed by atoms with van der Waals surface area (Å²) < 4.78 is 125. The van der Waals surface area contributed by atoms with Crippen molar-refractivity contribution in [2.75, 3.05) is 13.2 Å². The second-order valence-electron chi connectivity index (χ2n) is 6.46. The van der Waals surface area contributed by atoms with Crippen LogP contribution < -0.4 is 0 Å². The molecule has 0 aromatic rings. The summed E-state index contributed by atoms with van der Waals surface area (Å²) in [6, 6.07) is 0. The monoisotopic (exact) mass is 422 g/mol. The van der Waals surface area contributed by atoms with E-state index < -0.39 is 61.7 Å². The molecule has 0 unspecified atom stereocenters. The Hall–Kier alpha value is -0.600. The van der Waals surface area contributed by atoms with Crippen LogP contribution in [0.5, 0.6) is 0 Å². The zero-order chi connectivity index (χ0) is 19.9. The van der Waals surface area contributed by atoms with E-state index in [0.717, 1.165) is 0 Å². The van der Waals surface area contributed by atoms with E-state index in [0.29, 0.717) is 0 Å². The van der Waals surface area contributed by atoms with Crippen LogP contribution in [-0.2, 0) is 28.6 Å². The van der Waals surface area contributed by atoms with E-state index in [1.54, 1.807) is 13.8 Å². The SMILES string of the molecule is CC1(C)C[C@@H](COS(=O)(=O)C(F)(F)F)[C@H](COS(=O)(=O)C(F)(F)F)C1. The maximum absolute atomic E-state index is 12.3. The molecule has 0 N–H and O–H groups in total. The molecule has 6 nitrogen and oxygen atoms in total. The fourth-order valence-corrected chi connectivity index (χ4v) is 3.69. The first kappa shape index (κ1) is 22.4. The molecule has 0 amide bonds. The first-order chi connectivity index (χ1) is 10.9. The van der Waals surface area contributed by atoms with Gasteiger partial charge in [-0.05, 0) is 30.1 Å². The first-order valence-corrected chi connectivity index (χ1v) is 9.61. The lowest BCUT2D eigenvalue weighted by atomic mass is 9.90. The highest BCUT2D eigenvalue weighted by Crippen LogP contribution is 2.46. The molecule has 0 saturated heterocycles. The van der Waals surface area contributed by atoms with Crippen LogP contribution in [0.3, 0.4) is 0 Å². The molecule has 0 radical (unpaired) electrons. The highest BCUT2D eigenvalue weighted by atomic mass is 32.2. The van der Waals surface area contributed by atoms with Gasteiger partial charge in [0.2, 0.25) is 0 Å². The Morgan fingerprint density at radius 1 is 0.800 bits per heavy atom. The van der Waals surface area contributed by atoms with Crippen molar-refractivity contribution in [1.29, 1.82) is 0 Å². The van der Waals surface area contributed by atoms with Gasteiger partial charge in [-0.3, -0.25) is 8.37 Å². The third-order valence-corrected chi connectivity index (χ3v) is 5.76. The number of alkyl halides is 6. The lowest BCUT2D eigenvalue weighted by Crippen LogP contribution is -2.31. The third kappa shape index (κ3) is 5.69. The van der Waals surface area contributed by atoms with Gasteiger partial charge < -0.3 is 0 Å². The fourth-order valence-electron chi connectivity index (χ4n) is 2.71. The van der Waals surface area contributed by atoms with Crippen LogP contribution in [0.25, 0.3) is 0 Å². The lowest BCUT2D eigenvalue weighted by molar-refractivity contribution is -0.0575. The third-order valence-electron chi connectivity index (χ3n) is 3.74. The molecule has 0 aliphatic heterocycles. The van der Waals surface area contributed by atoms with Crippen molar-refractivity contribution in [2.45, 2.75) is 37.7 Å². The van der Waals surface area contributed by atoms with Crippen LogP contribution in [0, 0.1) is 17.3 Å². The first-order valence-electron chi connectivity index (χ1n) is 6.79. The van der Waals surface area contributed by atoms with Crippen molar-refractivity contribution in [3.8, 4) is 0 Å². The van der Waals surface area contributed by atoms with Crippen LogP contribution >= 0.6 is 0 Å². The van der Waals surface area contributed by atoms with Gasteiger partial charge in [0.15, 0.2) is 0 Å². The van der Waals surface area contributed by atoms with Gasteiger partial charge in [0, 0.05) is 0 Å². The molecule has 1 fully saturated rings. The highest BCUT2D eigenvalue weighted by Gasteiger charge is 2.50. The predicted molar refractivity (Wildman–Crippen MR) is 71.8 cm³/mol. The van der Waals surface area contributed by atoms with Crippen LogP contribution in [0.4, 0.5) is 26.3 Å². The van der Waals surface area contributed by atoms with E-state index in [1.807, 2.05) is 0 Å². The summed E-state index contributed by atoms with van der Waals surface area (Å²) in [5.74, 6) is -1.84. The topological polar surface area (TPSA) is 86.7 Å².